The SMILES string of the molecule is O=C(O)C(c1ccc(C(F)(F)F)cc1)N1CCNCC1. The number of hydrogen-bond acceptors (Lipinski definition) is 3. The number of benzene rings is 1. The van der Waals surface area contributed by atoms with Gasteiger partial charge < -0.3 is 10.4 Å². The van der Waals surface area contributed by atoms with E-state index in [-0.39, 0.29) is 0 Å². The number of piperazine rings is 1. The van der Waals surface area contributed by atoms with E-state index in [9.17, 15) is 23.1 Å². The van der Waals surface area contributed by atoms with Gasteiger partial charge in [-0.05, 0) is 17.7 Å². The summed E-state index contributed by atoms with van der Waals surface area (Å²) in [6.45, 7) is 2.45. The Bertz CT molecular complexity index is 467. The lowest BCUT2D eigenvalue weighted by atomic mass is 10.0. The van der Waals surface area contributed by atoms with E-state index < -0.39 is 23.8 Å². The van der Waals surface area contributed by atoms with Gasteiger partial charge in [-0.3, -0.25) is 9.69 Å². The van der Waals surface area contributed by atoms with Crippen LogP contribution in [0.3, 0.4) is 0 Å². The van der Waals surface area contributed by atoms with Crippen LogP contribution < -0.4 is 5.32 Å². The van der Waals surface area contributed by atoms with Crippen molar-refractivity contribution in [3.05, 3.63) is 35.4 Å². The normalized spacial score (nSPS) is 18.8. The van der Waals surface area contributed by atoms with Crippen molar-refractivity contribution in [3.8, 4) is 0 Å². The minimum atomic E-state index is -4.41. The van der Waals surface area contributed by atoms with Gasteiger partial charge in [0.25, 0.3) is 0 Å². The lowest BCUT2D eigenvalue weighted by Gasteiger charge is -2.32. The fourth-order valence-corrected chi connectivity index (χ4v) is 2.30. The highest BCUT2D eigenvalue weighted by atomic mass is 19.4. The van der Waals surface area contributed by atoms with E-state index in [1.165, 1.54) is 12.1 Å². The molecule has 0 amide bonds. The average molecular weight is 288 g/mol. The van der Waals surface area contributed by atoms with Gasteiger partial charge in [0.15, 0.2) is 0 Å². The molecule has 7 heteroatoms. The summed E-state index contributed by atoms with van der Waals surface area (Å²) in [5.41, 5.74) is -0.405. The molecule has 0 aromatic heterocycles. The number of alkyl halides is 3. The molecule has 1 atom stereocenters. The number of hydrogen-bond donors (Lipinski definition) is 2. The third-order valence-corrected chi connectivity index (χ3v) is 3.30. The quantitative estimate of drug-likeness (QED) is 0.889. The fraction of sp³-hybridized carbons (Fsp3) is 0.462. The van der Waals surface area contributed by atoms with Gasteiger partial charge >= 0.3 is 12.1 Å². The van der Waals surface area contributed by atoms with Crippen LogP contribution in [-0.4, -0.2) is 42.2 Å². The van der Waals surface area contributed by atoms with Gasteiger partial charge in [0.05, 0.1) is 5.56 Å². The zero-order valence-corrected chi connectivity index (χ0v) is 10.7. The molecule has 0 aliphatic carbocycles. The van der Waals surface area contributed by atoms with Gasteiger partial charge in [0, 0.05) is 26.2 Å². The lowest BCUT2D eigenvalue weighted by molar-refractivity contribution is -0.143. The standard InChI is InChI=1S/C13H15F3N2O2/c14-13(15,16)10-3-1-9(2-4-10)11(12(19)20)18-7-5-17-6-8-18/h1-4,11,17H,5-8H2,(H,19,20). The van der Waals surface area contributed by atoms with Gasteiger partial charge in [-0.15, -0.1) is 0 Å². The predicted molar refractivity (Wildman–Crippen MR) is 66.3 cm³/mol. The molecule has 20 heavy (non-hydrogen) atoms. The molecule has 1 aromatic rings. The largest absolute Gasteiger partial charge is 0.480 e. The molecule has 0 bridgehead atoms. The van der Waals surface area contributed by atoms with Crippen molar-refractivity contribution in [3.63, 3.8) is 0 Å². The molecule has 0 saturated carbocycles. The van der Waals surface area contributed by atoms with Crippen LogP contribution in [0.4, 0.5) is 13.2 Å². The highest BCUT2D eigenvalue weighted by Crippen LogP contribution is 2.31. The summed E-state index contributed by atoms with van der Waals surface area (Å²) in [6, 6.07) is 3.42. The number of rotatable bonds is 3. The Morgan fingerprint density at radius 1 is 1.20 bits per heavy atom. The summed E-state index contributed by atoms with van der Waals surface area (Å²) in [5.74, 6) is -1.05. The van der Waals surface area contributed by atoms with Crippen LogP contribution >= 0.6 is 0 Å². The number of nitrogens with zero attached hydrogens (tertiary/aromatic N) is 1. The fourth-order valence-electron chi connectivity index (χ4n) is 2.30. The number of carbonyl (C=O) groups is 1. The molecule has 0 radical (unpaired) electrons. The highest BCUT2D eigenvalue weighted by molar-refractivity contribution is 5.75. The van der Waals surface area contributed by atoms with Crippen molar-refractivity contribution in [1.29, 1.82) is 0 Å². The molecule has 1 aromatic carbocycles. The highest BCUT2D eigenvalue weighted by Gasteiger charge is 2.32. The Morgan fingerprint density at radius 3 is 2.20 bits per heavy atom. The maximum Gasteiger partial charge on any atom is 0.416 e. The number of halogens is 3. The molecule has 4 nitrogen and oxygen atoms in total. The Balaban J connectivity index is 2.23. The molecule has 0 spiro atoms. The first-order chi connectivity index (χ1) is 9.39. The van der Waals surface area contributed by atoms with Crippen molar-refractivity contribution in [1.82, 2.24) is 10.2 Å². The minimum Gasteiger partial charge on any atom is -0.480 e. The van der Waals surface area contributed by atoms with E-state index in [2.05, 4.69) is 5.32 Å². The molecule has 1 fully saturated rings. The number of nitrogens with one attached hydrogen (secondary N) is 1. The molecule has 1 unspecified atom stereocenters. The summed E-state index contributed by atoms with van der Waals surface area (Å²) < 4.78 is 37.5. The molecular weight excluding hydrogens is 273 g/mol. The molecular formula is C13H15F3N2O2. The summed E-state index contributed by atoms with van der Waals surface area (Å²) in [6.07, 6.45) is -4.41. The topological polar surface area (TPSA) is 52.6 Å². The monoisotopic (exact) mass is 288 g/mol. The molecule has 2 rings (SSSR count). The van der Waals surface area contributed by atoms with Crippen molar-refractivity contribution in [2.24, 2.45) is 0 Å². The third-order valence-electron chi connectivity index (χ3n) is 3.30. The Labute approximate surface area is 114 Å². The minimum absolute atomic E-state index is 0.368. The molecule has 2 N–H and O–H groups in total. The first-order valence-electron chi connectivity index (χ1n) is 6.24. The molecule has 110 valence electrons. The van der Waals surface area contributed by atoms with Gasteiger partial charge in [0.2, 0.25) is 0 Å². The van der Waals surface area contributed by atoms with Crippen LogP contribution in [0.1, 0.15) is 17.2 Å². The Kier molecular flexibility index (Phi) is 4.29. The maximum atomic E-state index is 12.5. The van der Waals surface area contributed by atoms with Gasteiger partial charge in [-0.1, -0.05) is 12.1 Å². The summed E-state index contributed by atoms with van der Waals surface area (Å²) in [7, 11) is 0. The first-order valence-corrected chi connectivity index (χ1v) is 6.24. The van der Waals surface area contributed by atoms with Crippen molar-refractivity contribution in [2.45, 2.75) is 12.2 Å². The second-order valence-corrected chi connectivity index (χ2v) is 4.65. The van der Waals surface area contributed by atoms with E-state index in [1.807, 2.05) is 0 Å². The van der Waals surface area contributed by atoms with Gasteiger partial charge in [-0.25, -0.2) is 0 Å². The van der Waals surface area contributed by atoms with Crippen LogP contribution in [0.2, 0.25) is 0 Å². The maximum absolute atomic E-state index is 12.5. The number of carboxylic acids is 1. The van der Waals surface area contributed by atoms with Crippen LogP contribution in [0, 0.1) is 0 Å². The molecule has 1 saturated heterocycles. The van der Waals surface area contributed by atoms with E-state index in [0.29, 0.717) is 31.7 Å². The number of carboxylic acid groups (broad SMARTS) is 1. The van der Waals surface area contributed by atoms with Crippen molar-refractivity contribution < 1.29 is 23.1 Å². The lowest BCUT2D eigenvalue weighted by Crippen LogP contribution is -2.47. The zero-order chi connectivity index (χ0) is 14.8. The zero-order valence-electron chi connectivity index (χ0n) is 10.7. The first kappa shape index (κ1) is 14.8. The Hall–Kier alpha value is -1.60. The molecule has 1 aliphatic heterocycles. The van der Waals surface area contributed by atoms with Gasteiger partial charge in [-0.2, -0.15) is 13.2 Å². The molecule has 1 heterocycles. The summed E-state index contributed by atoms with van der Waals surface area (Å²) in [5, 5.41) is 12.4. The van der Waals surface area contributed by atoms with E-state index in [0.717, 1.165) is 12.1 Å². The second kappa shape index (κ2) is 5.80. The molecule has 1 aliphatic rings. The van der Waals surface area contributed by atoms with E-state index >= 15 is 0 Å². The van der Waals surface area contributed by atoms with E-state index in [4.69, 9.17) is 0 Å². The van der Waals surface area contributed by atoms with Crippen LogP contribution in [0.25, 0.3) is 0 Å². The van der Waals surface area contributed by atoms with Crippen LogP contribution in [0.5, 0.6) is 0 Å². The average Bonchev–Trinajstić information content (AvgIpc) is 2.39. The van der Waals surface area contributed by atoms with Crippen LogP contribution in [0.15, 0.2) is 24.3 Å². The third kappa shape index (κ3) is 3.29. The van der Waals surface area contributed by atoms with Crippen molar-refractivity contribution >= 4 is 5.97 Å². The number of aliphatic carboxylic acids is 1. The van der Waals surface area contributed by atoms with Gasteiger partial charge in [0.1, 0.15) is 6.04 Å². The predicted octanol–water partition coefficient (Wildman–Crippen LogP) is 1.74. The van der Waals surface area contributed by atoms with Crippen LogP contribution in [-0.2, 0) is 11.0 Å². The smallest absolute Gasteiger partial charge is 0.416 e. The second-order valence-electron chi connectivity index (χ2n) is 4.65. The summed E-state index contributed by atoms with van der Waals surface area (Å²) in [4.78, 5) is 13.1. The van der Waals surface area contributed by atoms with Crippen molar-refractivity contribution in [2.75, 3.05) is 26.2 Å². The Morgan fingerprint density at radius 2 is 1.75 bits per heavy atom. The summed E-state index contributed by atoms with van der Waals surface area (Å²) >= 11 is 0. The van der Waals surface area contributed by atoms with E-state index in [1.54, 1.807) is 4.90 Å².